The number of nitrogens with one attached hydrogen (secondary N) is 1. The highest BCUT2D eigenvalue weighted by atomic mass is 127. The number of halogens is 1. The van der Waals surface area contributed by atoms with Crippen LogP contribution < -0.4 is 5.32 Å². The van der Waals surface area contributed by atoms with Crippen LogP contribution in [0.3, 0.4) is 0 Å². The number of hydrogen-bond donors (Lipinski definition) is 1. The molecule has 0 atom stereocenters. The van der Waals surface area contributed by atoms with E-state index in [1.54, 1.807) is 4.68 Å². The quantitative estimate of drug-likeness (QED) is 0.845. The van der Waals surface area contributed by atoms with Gasteiger partial charge in [-0.3, -0.25) is 4.68 Å². The largest absolute Gasteiger partial charge is 0.339 e. The van der Waals surface area contributed by atoms with E-state index in [1.807, 2.05) is 26.1 Å². The van der Waals surface area contributed by atoms with Crippen LogP contribution in [0.25, 0.3) is 0 Å². The van der Waals surface area contributed by atoms with E-state index >= 15 is 0 Å². The van der Waals surface area contributed by atoms with Crippen LogP contribution in [-0.4, -0.2) is 9.78 Å². The Morgan fingerprint density at radius 3 is 2.78 bits per heavy atom. The van der Waals surface area contributed by atoms with Crippen molar-refractivity contribution < 1.29 is 0 Å². The maximum atomic E-state index is 9.17. The molecule has 1 heterocycles. The van der Waals surface area contributed by atoms with Gasteiger partial charge >= 0.3 is 0 Å². The Morgan fingerprint density at radius 1 is 1.39 bits per heavy atom. The molecule has 0 saturated heterocycles. The summed E-state index contributed by atoms with van der Waals surface area (Å²) in [6.07, 6.45) is 0. The van der Waals surface area contributed by atoms with Gasteiger partial charge in [0.25, 0.3) is 0 Å². The highest BCUT2D eigenvalue weighted by molar-refractivity contribution is 14.1. The number of anilines is 2. The summed E-state index contributed by atoms with van der Waals surface area (Å²) < 4.78 is 2.89. The first-order chi connectivity index (χ1) is 8.54. The van der Waals surface area contributed by atoms with E-state index in [2.05, 4.69) is 52.1 Å². The predicted molar refractivity (Wildman–Crippen MR) is 79.8 cm³/mol. The molecule has 4 nitrogen and oxygen atoms in total. The van der Waals surface area contributed by atoms with Crippen molar-refractivity contribution in [3.63, 3.8) is 0 Å². The molecule has 92 valence electrons. The highest BCUT2D eigenvalue weighted by Gasteiger charge is 2.13. The van der Waals surface area contributed by atoms with Crippen LogP contribution in [0.4, 0.5) is 11.5 Å². The molecular formula is C13H13IN4. The van der Waals surface area contributed by atoms with E-state index in [-0.39, 0.29) is 0 Å². The Balaban J connectivity index is 2.47. The summed E-state index contributed by atoms with van der Waals surface area (Å²) in [5.41, 5.74) is 3.50. The van der Waals surface area contributed by atoms with Crippen molar-refractivity contribution in [2.75, 3.05) is 5.32 Å². The standard InChI is InChI=1S/C13H13IN4/c1-8-11(14)5-4-6-12(8)16-13-10(7-15)9(2)17-18(13)3/h4-6,16H,1-3H3. The molecule has 1 N–H and O–H groups in total. The third kappa shape index (κ3) is 2.20. The number of hydrogen-bond acceptors (Lipinski definition) is 3. The number of nitrogens with zero attached hydrogens (tertiary/aromatic N) is 3. The molecule has 0 aliphatic heterocycles. The first kappa shape index (κ1) is 12.9. The van der Waals surface area contributed by atoms with E-state index in [9.17, 15) is 0 Å². The molecule has 0 fully saturated rings. The van der Waals surface area contributed by atoms with Crippen LogP contribution in [0.5, 0.6) is 0 Å². The summed E-state index contributed by atoms with van der Waals surface area (Å²) >= 11 is 2.30. The zero-order valence-corrected chi connectivity index (χ0v) is 12.6. The number of aromatic nitrogens is 2. The Bertz CT molecular complexity index is 637. The third-order valence-corrected chi connectivity index (χ3v) is 4.02. The Labute approximate surface area is 120 Å². The fourth-order valence-electron chi connectivity index (χ4n) is 1.81. The molecule has 0 bridgehead atoms. The molecule has 0 saturated carbocycles. The average molecular weight is 352 g/mol. The summed E-state index contributed by atoms with van der Waals surface area (Å²) in [6, 6.07) is 8.24. The van der Waals surface area contributed by atoms with Crippen LogP contribution >= 0.6 is 22.6 Å². The summed E-state index contributed by atoms with van der Waals surface area (Å²) in [7, 11) is 1.83. The van der Waals surface area contributed by atoms with Gasteiger partial charge in [0.2, 0.25) is 0 Å². The fraction of sp³-hybridized carbons (Fsp3) is 0.231. The molecule has 0 unspecified atom stereocenters. The van der Waals surface area contributed by atoms with Gasteiger partial charge in [0.1, 0.15) is 17.5 Å². The molecule has 2 aromatic rings. The van der Waals surface area contributed by atoms with Crippen molar-refractivity contribution in [2.45, 2.75) is 13.8 Å². The van der Waals surface area contributed by atoms with Gasteiger partial charge in [-0.05, 0) is 54.1 Å². The van der Waals surface area contributed by atoms with Gasteiger partial charge in [-0.25, -0.2) is 0 Å². The highest BCUT2D eigenvalue weighted by Crippen LogP contribution is 2.26. The normalized spacial score (nSPS) is 10.2. The lowest BCUT2D eigenvalue weighted by Gasteiger charge is -2.11. The molecule has 5 heteroatoms. The smallest absolute Gasteiger partial charge is 0.146 e. The molecule has 18 heavy (non-hydrogen) atoms. The van der Waals surface area contributed by atoms with Crippen LogP contribution in [0.2, 0.25) is 0 Å². The lowest BCUT2D eigenvalue weighted by Crippen LogP contribution is -2.02. The van der Waals surface area contributed by atoms with Crippen LogP contribution in [0.15, 0.2) is 18.2 Å². The van der Waals surface area contributed by atoms with Crippen molar-refractivity contribution in [1.29, 1.82) is 5.26 Å². The zero-order chi connectivity index (χ0) is 13.3. The maximum absolute atomic E-state index is 9.17. The maximum Gasteiger partial charge on any atom is 0.146 e. The van der Waals surface area contributed by atoms with Crippen molar-refractivity contribution >= 4 is 34.1 Å². The predicted octanol–water partition coefficient (Wildman–Crippen LogP) is 3.26. The SMILES string of the molecule is Cc1nn(C)c(Nc2cccc(I)c2C)c1C#N. The topological polar surface area (TPSA) is 53.6 Å². The van der Waals surface area contributed by atoms with Crippen LogP contribution in [0, 0.1) is 28.7 Å². The number of aryl methyl sites for hydroxylation is 2. The van der Waals surface area contributed by atoms with Crippen LogP contribution in [-0.2, 0) is 7.05 Å². The summed E-state index contributed by atoms with van der Waals surface area (Å²) in [6.45, 7) is 3.89. The van der Waals surface area contributed by atoms with E-state index in [0.717, 1.165) is 17.2 Å². The minimum absolute atomic E-state index is 0.593. The van der Waals surface area contributed by atoms with Gasteiger partial charge in [0, 0.05) is 16.3 Å². The lowest BCUT2D eigenvalue weighted by molar-refractivity contribution is 0.765. The van der Waals surface area contributed by atoms with Crippen molar-refractivity contribution in [2.24, 2.45) is 7.05 Å². The number of nitriles is 1. The molecule has 2 rings (SSSR count). The second-order valence-corrected chi connectivity index (χ2v) is 5.24. The number of rotatable bonds is 2. The molecular weight excluding hydrogens is 339 g/mol. The van der Waals surface area contributed by atoms with Gasteiger partial charge in [0.15, 0.2) is 0 Å². The molecule has 1 aromatic heterocycles. The molecule has 1 aromatic carbocycles. The average Bonchev–Trinajstić information content (AvgIpc) is 2.59. The molecule has 0 aliphatic carbocycles. The Kier molecular flexibility index (Phi) is 3.57. The minimum Gasteiger partial charge on any atom is -0.339 e. The van der Waals surface area contributed by atoms with E-state index in [4.69, 9.17) is 5.26 Å². The van der Waals surface area contributed by atoms with Gasteiger partial charge in [-0.2, -0.15) is 10.4 Å². The molecule has 0 radical (unpaired) electrons. The van der Waals surface area contributed by atoms with Gasteiger partial charge < -0.3 is 5.32 Å². The second-order valence-electron chi connectivity index (χ2n) is 4.08. The van der Waals surface area contributed by atoms with Gasteiger partial charge in [-0.1, -0.05) is 6.07 Å². The lowest BCUT2D eigenvalue weighted by atomic mass is 10.2. The van der Waals surface area contributed by atoms with Crippen molar-refractivity contribution in [1.82, 2.24) is 9.78 Å². The van der Waals surface area contributed by atoms with Gasteiger partial charge in [0.05, 0.1) is 5.69 Å². The summed E-state index contributed by atoms with van der Waals surface area (Å²) in [5, 5.41) is 16.7. The molecule has 0 aliphatic rings. The van der Waals surface area contributed by atoms with Crippen molar-refractivity contribution in [3.8, 4) is 6.07 Å². The fourth-order valence-corrected chi connectivity index (χ4v) is 2.30. The third-order valence-electron chi connectivity index (χ3n) is 2.85. The van der Waals surface area contributed by atoms with Gasteiger partial charge in [-0.15, -0.1) is 0 Å². The van der Waals surface area contributed by atoms with Crippen LogP contribution in [0.1, 0.15) is 16.8 Å². The molecule has 0 amide bonds. The minimum atomic E-state index is 0.593. The summed E-state index contributed by atoms with van der Waals surface area (Å²) in [5.74, 6) is 0.736. The van der Waals surface area contributed by atoms with E-state index in [1.165, 1.54) is 9.13 Å². The first-order valence-corrected chi connectivity index (χ1v) is 6.58. The Hall–Kier alpha value is -1.55. The zero-order valence-electron chi connectivity index (χ0n) is 10.5. The van der Waals surface area contributed by atoms with E-state index in [0.29, 0.717) is 5.56 Å². The summed E-state index contributed by atoms with van der Waals surface area (Å²) in [4.78, 5) is 0. The molecule has 0 spiro atoms. The number of benzene rings is 1. The van der Waals surface area contributed by atoms with E-state index < -0.39 is 0 Å². The first-order valence-electron chi connectivity index (χ1n) is 5.50. The van der Waals surface area contributed by atoms with Crippen molar-refractivity contribution in [3.05, 3.63) is 38.6 Å². The monoisotopic (exact) mass is 352 g/mol. The Morgan fingerprint density at radius 2 is 2.11 bits per heavy atom. The second kappa shape index (κ2) is 4.98.